The van der Waals surface area contributed by atoms with Gasteiger partial charge in [0, 0.05) is 44.0 Å². The molecule has 2 aromatic rings. The van der Waals surface area contributed by atoms with Gasteiger partial charge in [-0.05, 0) is 24.6 Å². The minimum absolute atomic E-state index is 0.0285. The van der Waals surface area contributed by atoms with Crippen LogP contribution in [0.4, 0.5) is 0 Å². The van der Waals surface area contributed by atoms with Crippen LogP contribution in [0.15, 0.2) is 47.6 Å². The van der Waals surface area contributed by atoms with Crippen LogP contribution in [0.3, 0.4) is 0 Å². The van der Waals surface area contributed by atoms with E-state index in [1.54, 1.807) is 19.2 Å². The minimum atomic E-state index is -0.455. The van der Waals surface area contributed by atoms with Crippen molar-refractivity contribution in [1.82, 2.24) is 9.91 Å². The van der Waals surface area contributed by atoms with Gasteiger partial charge in [-0.2, -0.15) is 5.10 Å². The highest BCUT2D eigenvalue weighted by Gasteiger charge is 2.41. The number of methoxy groups -OCH3 is 2. The molecule has 0 radical (unpaired) electrons. The molecule has 35 heavy (non-hydrogen) atoms. The summed E-state index contributed by atoms with van der Waals surface area (Å²) in [6, 6.07) is 13.7. The molecule has 1 amide bonds. The van der Waals surface area contributed by atoms with E-state index in [1.165, 1.54) is 5.56 Å². The number of hydrazone groups is 1. The molecule has 2 saturated heterocycles. The van der Waals surface area contributed by atoms with Gasteiger partial charge in [0.1, 0.15) is 11.5 Å². The molecule has 3 aliphatic rings. The van der Waals surface area contributed by atoms with Crippen LogP contribution in [0.2, 0.25) is 0 Å². The van der Waals surface area contributed by atoms with Crippen molar-refractivity contribution in [1.29, 1.82) is 0 Å². The number of likely N-dealkylation sites (tertiary alicyclic amines) is 1. The number of carbonyl (C=O) groups excluding carboxylic acids is 1. The van der Waals surface area contributed by atoms with E-state index in [0.29, 0.717) is 37.7 Å². The van der Waals surface area contributed by atoms with E-state index in [1.807, 2.05) is 18.2 Å². The Morgan fingerprint density at radius 1 is 1.06 bits per heavy atom. The molecule has 0 bridgehead atoms. The van der Waals surface area contributed by atoms with E-state index in [9.17, 15) is 4.79 Å². The summed E-state index contributed by atoms with van der Waals surface area (Å²) in [5.41, 5.74) is 4.02. The van der Waals surface area contributed by atoms with Crippen LogP contribution >= 0.6 is 0 Å². The van der Waals surface area contributed by atoms with Gasteiger partial charge in [0.05, 0.1) is 45.7 Å². The van der Waals surface area contributed by atoms with Crippen LogP contribution in [0.5, 0.6) is 11.5 Å². The molecule has 8 nitrogen and oxygen atoms in total. The largest absolute Gasteiger partial charge is 0.497 e. The summed E-state index contributed by atoms with van der Waals surface area (Å²) in [5.74, 6) is 0.907. The topological polar surface area (TPSA) is 72.8 Å². The van der Waals surface area contributed by atoms with Gasteiger partial charge in [0.15, 0.2) is 5.79 Å². The molecule has 0 aromatic heterocycles. The lowest BCUT2D eigenvalue weighted by atomic mass is 9.97. The number of hydrogen-bond acceptors (Lipinski definition) is 7. The number of rotatable bonds is 6. The Bertz CT molecular complexity index is 1080. The van der Waals surface area contributed by atoms with Crippen LogP contribution in [0, 0.1) is 6.92 Å². The number of aryl methyl sites for hydroxylation is 1. The van der Waals surface area contributed by atoms with E-state index in [4.69, 9.17) is 24.0 Å². The number of benzene rings is 2. The highest BCUT2D eigenvalue weighted by atomic mass is 16.7. The maximum absolute atomic E-state index is 13.6. The quantitative estimate of drug-likeness (QED) is 0.631. The predicted molar refractivity (Wildman–Crippen MR) is 132 cm³/mol. The monoisotopic (exact) mass is 479 g/mol. The van der Waals surface area contributed by atoms with E-state index in [2.05, 4.69) is 36.1 Å². The van der Waals surface area contributed by atoms with Crippen LogP contribution < -0.4 is 9.47 Å². The van der Waals surface area contributed by atoms with Crippen LogP contribution in [-0.2, 0) is 14.3 Å². The second-order valence-electron chi connectivity index (χ2n) is 9.36. The van der Waals surface area contributed by atoms with E-state index >= 15 is 0 Å². The molecular formula is C27H33N3O5. The van der Waals surface area contributed by atoms with Gasteiger partial charge in [-0.25, -0.2) is 5.01 Å². The van der Waals surface area contributed by atoms with E-state index in [-0.39, 0.29) is 11.9 Å². The summed E-state index contributed by atoms with van der Waals surface area (Å²) in [6.07, 6.45) is 2.16. The fraction of sp³-hybridized carbons (Fsp3) is 0.481. The molecule has 2 fully saturated rings. The second-order valence-corrected chi connectivity index (χ2v) is 9.36. The molecule has 2 aromatic carbocycles. The number of carbonyl (C=O) groups is 1. The Kier molecular flexibility index (Phi) is 6.77. The van der Waals surface area contributed by atoms with Crippen molar-refractivity contribution in [2.24, 2.45) is 5.10 Å². The van der Waals surface area contributed by atoms with Crippen molar-refractivity contribution in [3.05, 3.63) is 59.2 Å². The number of amides is 1. The first-order valence-electron chi connectivity index (χ1n) is 12.2. The molecular weight excluding hydrogens is 446 g/mol. The third-order valence-electron chi connectivity index (χ3n) is 7.14. The van der Waals surface area contributed by atoms with E-state index < -0.39 is 5.79 Å². The number of nitrogens with zero attached hydrogens (tertiary/aromatic N) is 3. The molecule has 1 atom stereocenters. The van der Waals surface area contributed by atoms with Crippen molar-refractivity contribution in [2.45, 2.75) is 38.0 Å². The summed E-state index contributed by atoms with van der Waals surface area (Å²) in [5, 5.41) is 6.48. The number of hydrogen-bond donors (Lipinski definition) is 0. The van der Waals surface area contributed by atoms with Crippen molar-refractivity contribution < 1.29 is 23.7 Å². The third-order valence-corrected chi connectivity index (χ3v) is 7.14. The average Bonchev–Trinajstić information content (AvgIpc) is 3.53. The summed E-state index contributed by atoms with van der Waals surface area (Å²) in [6.45, 7) is 5.17. The van der Waals surface area contributed by atoms with Gasteiger partial charge in [-0.1, -0.05) is 29.8 Å². The smallest absolute Gasteiger partial charge is 0.257 e. The normalized spacial score (nSPS) is 21.9. The van der Waals surface area contributed by atoms with E-state index in [0.717, 1.165) is 42.8 Å². The summed E-state index contributed by atoms with van der Waals surface area (Å²) >= 11 is 0. The number of ether oxygens (including phenoxy) is 4. The SMILES string of the molecule is COc1ccc([C@@H]2CC(c3ccc(C)cc3)=NN2C(=O)CN2CCC3(CC2)OCCO3)c(OC)c1. The molecule has 0 unspecified atom stereocenters. The lowest BCUT2D eigenvalue weighted by Crippen LogP contribution is -2.48. The predicted octanol–water partition coefficient (Wildman–Crippen LogP) is 3.53. The van der Waals surface area contributed by atoms with Gasteiger partial charge in [-0.15, -0.1) is 0 Å². The van der Waals surface area contributed by atoms with Gasteiger partial charge in [0.25, 0.3) is 5.91 Å². The maximum Gasteiger partial charge on any atom is 0.257 e. The fourth-order valence-electron chi connectivity index (χ4n) is 5.10. The zero-order chi connectivity index (χ0) is 24.4. The van der Waals surface area contributed by atoms with Crippen molar-refractivity contribution in [3.63, 3.8) is 0 Å². The molecule has 5 rings (SSSR count). The Hall–Kier alpha value is -2.94. The molecule has 8 heteroatoms. The first-order valence-corrected chi connectivity index (χ1v) is 12.2. The zero-order valence-corrected chi connectivity index (χ0v) is 20.7. The zero-order valence-electron chi connectivity index (χ0n) is 20.7. The summed E-state index contributed by atoms with van der Waals surface area (Å²) in [4.78, 5) is 15.8. The van der Waals surface area contributed by atoms with Crippen molar-refractivity contribution in [3.8, 4) is 11.5 Å². The van der Waals surface area contributed by atoms with Crippen molar-refractivity contribution >= 4 is 11.6 Å². The van der Waals surface area contributed by atoms with Crippen LogP contribution in [0.1, 0.15) is 42.0 Å². The van der Waals surface area contributed by atoms with Gasteiger partial charge >= 0.3 is 0 Å². The highest BCUT2D eigenvalue weighted by Crippen LogP contribution is 2.39. The lowest BCUT2D eigenvalue weighted by molar-refractivity contribution is -0.186. The molecule has 1 spiro atoms. The summed E-state index contributed by atoms with van der Waals surface area (Å²) < 4.78 is 22.7. The fourth-order valence-corrected chi connectivity index (χ4v) is 5.10. The Balaban J connectivity index is 1.38. The molecule has 186 valence electrons. The molecule has 0 saturated carbocycles. The molecule has 0 aliphatic carbocycles. The first-order chi connectivity index (χ1) is 17.0. The Labute approximate surface area is 206 Å². The summed E-state index contributed by atoms with van der Waals surface area (Å²) in [7, 11) is 3.26. The first kappa shape index (κ1) is 23.8. The maximum atomic E-state index is 13.6. The third kappa shape index (κ3) is 4.91. The van der Waals surface area contributed by atoms with Gasteiger partial charge in [0.2, 0.25) is 0 Å². The van der Waals surface area contributed by atoms with Crippen LogP contribution in [-0.4, -0.2) is 74.4 Å². The Morgan fingerprint density at radius 2 is 1.77 bits per heavy atom. The van der Waals surface area contributed by atoms with Gasteiger partial charge < -0.3 is 18.9 Å². The molecule has 3 aliphatic heterocycles. The highest BCUT2D eigenvalue weighted by molar-refractivity contribution is 6.03. The lowest BCUT2D eigenvalue weighted by Gasteiger charge is -2.37. The average molecular weight is 480 g/mol. The van der Waals surface area contributed by atoms with Crippen molar-refractivity contribution in [2.75, 3.05) is 47.1 Å². The Morgan fingerprint density at radius 3 is 2.43 bits per heavy atom. The number of piperidine rings is 1. The minimum Gasteiger partial charge on any atom is -0.497 e. The second kappa shape index (κ2) is 9.97. The standard InChI is InChI=1S/C27H33N3O5/c1-19-4-6-20(7-5-19)23-17-24(22-9-8-21(32-2)16-25(22)33-3)30(28-23)26(31)18-29-12-10-27(11-13-29)34-14-15-35-27/h4-9,16,24H,10-15,17-18H2,1-3H3/t24-/m0/s1. The van der Waals surface area contributed by atoms with Crippen LogP contribution in [0.25, 0.3) is 0 Å². The molecule has 3 heterocycles. The molecule has 0 N–H and O–H groups in total. The van der Waals surface area contributed by atoms with Gasteiger partial charge in [-0.3, -0.25) is 9.69 Å².